The summed E-state index contributed by atoms with van der Waals surface area (Å²) in [6.45, 7) is 10.7. The Morgan fingerprint density at radius 3 is 1.34 bits per heavy atom. The molecule has 0 saturated heterocycles. The molecule has 0 aliphatic rings. The zero-order chi connectivity index (χ0) is 22.1. The Morgan fingerprint density at radius 2 is 1.07 bits per heavy atom. The first kappa shape index (κ1) is 23.0. The van der Waals surface area contributed by atoms with E-state index in [4.69, 9.17) is 0 Å². The van der Waals surface area contributed by atoms with Gasteiger partial charge in [-0.1, -0.05) is 26.0 Å². The van der Waals surface area contributed by atoms with Gasteiger partial charge in [-0.05, 0) is 86.1 Å². The van der Waals surface area contributed by atoms with Crippen molar-refractivity contribution in [2.45, 2.75) is 64.2 Å². The number of aryl methyl sites for hydroxylation is 6. The lowest BCUT2D eigenvalue weighted by atomic mass is 10.0. The summed E-state index contributed by atoms with van der Waals surface area (Å²) >= 11 is 0. The first-order valence-corrected chi connectivity index (χ1v) is 12.3. The summed E-state index contributed by atoms with van der Waals surface area (Å²) in [5.74, 6) is 0. The van der Waals surface area contributed by atoms with Crippen molar-refractivity contribution in [1.29, 1.82) is 0 Å². The lowest BCUT2D eigenvalue weighted by molar-refractivity contribution is 0.00379. The van der Waals surface area contributed by atoms with Crippen molar-refractivity contribution in [1.82, 2.24) is 0 Å². The van der Waals surface area contributed by atoms with Gasteiger partial charge in [-0.15, -0.1) is 4.79 Å². The number of hydrogen-bond donors (Lipinski definition) is 0. The first-order valence-electron chi connectivity index (χ1n) is 9.34. The SMILES string of the molecule is CCc1cc(S(=O)(=O)C(=[N+]=[N-])S(=O)(=O)c2cc(CC)c(C)cc2C)c(C)cc1C. The molecule has 0 spiro atoms. The Balaban J connectivity index is 2.79. The van der Waals surface area contributed by atoms with Crippen molar-refractivity contribution >= 4 is 24.1 Å². The lowest BCUT2D eigenvalue weighted by Crippen LogP contribution is -2.27. The van der Waals surface area contributed by atoms with Crippen molar-refractivity contribution in [2.75, 3.05) is 0 Å². The van der Waals surface area contributed by atoms with E-state index < -0.39 is 24.1 Å². The van der Waals surface area contributed by atoms with Gasteiger partial charge in [0.15, 0.2) is 0 Å². The van der Waals surface area contributed by atoms with E-state index in [1.54, 1.807) is 26.0 Å². The predicted molar refractivity (Wildman–Crippen MR) is 114 cm³/mol. The quantitative estimate of drug-likeness (QED) is 0.315. The van der Waals surface area contributed by atoms with Crippen LogP contribution in [0.5, 0.6) is 0 Å². The van der Waals surface area contributed by atoms with E-state index in [1.807, 2.05) is 27.7 Å². The van der Waals surface area contributed by atoms with Gasteiger partial charge in [-0.2, -0.15) is 0 Å². The second-order valence-electron chi connectivity index (χ2n) is 7.17. The third-order valence-corrected chi connectivity index (χ3v) is 9.59. The van der Waals surface area contributed by atoms with Crippen molar-refractivity contribution in [3.8, 4) is 0 Å². The van der Waals surface area contributed by atoms with Gasteiger partial charge in [-0.25, -0.2) is 16.8 Å². The van der Waals surface area contributed by atoms with Gasteiger partial charge in [0.05, 0.1) is 9.79 Å². The highest BCUT2D eigenvalue weighted by atomic mass is 32.3. The number of benzene rings is 2. The normalized spacial score (nSPS) is 11.9. The maximum atomic E-state index is 13.2. The van der Waals surface area contributed by atoms with Crippen molar-refractivity contribution < 1.29 is 21.6 Å². The van der Waals surface area contributed by atoms with Crippen LogP contribution in [0.25, 0.3) is 5.53 Å². The first-order chi connectivity index (χ1) is 13.4. The molecule has 0 bridgehead atoms. The third kappa shape index (κ3) is 4.06. The van der Waals surface area contributed by atoms with E-state index in [0.29, 0.717) is 24.0 Å². The monoisotopic (exact) mass is 434 g/mol. The molecule has 0 atom stereocenters. The van der Waals surface area contributed by atoms with Crippen LogP contribution in [0, 0.1) is 27.7 Å². The summed E-state index contributed by atoms with van der Waals surface area (Å²) in [7, 11) is -9.14. The summed E-state index contributed by atoms with van der Waals surface area (Å²) in [6.07, 6.45) is 1.17. The zero-order valence-electron chi connectivity index (χ0n) is 17.6. The summed E-state index contributed by atoms with van der Waals surface area (Å²) in [5.41, 5.74) is 13.7. The van der Waals surface area contributed by atoms with E-state index in [1.165, 1.54) is 12.1 Å². The third-order valence-electron chi connectivity index (χ3n) is 5.15. The molecule has 2 aromatic carbocycles. The molecule has 0 amide bonds. The lowest BCUT2D eigenvalue weighted by Gasteiger charge is -2.12. The topological polar surface area (TPSA) is 105 Å². The van der Waals surface area contributed by atoms with Gasteiger partial charge in [0.25, 0.3) is 19.7 Å². The molecule has 6 nitrogen and oxygen atoms in total. The molecular formula is C21H26N2O4S2. The molecule has 0 aliphatic carbocycles. The van der Waals surface area contributed by atoms with Crippen LogP contribution >= 0.6 is 0 Å². The predicted octanol–water partition coefficient (Wildman–Crippen LogP) is 3.88. The van der Waals surface area contributed by atoms with Crippen LogP contribution in [-0.2, 0) is 32.5 Å². The molecule has 0 aliphatic heterocycles. The van der Waals surface area contributed by atoms with Gasteiger partial charge < -0.3 is 5.53 Å². The minimum absolute atomic E-state index is 0.170. The van der Waals surface area contributed by atoms with E-state index in [2.05, 4.69) is 4.79 Å². The molecule has 0 aromatic heterocycles. The van der Waals surface area contributed by atoms with Crippen molar-refractivity contribution in [3.05, 3.63) is 63.2 Å². The van der Waals surface area contributed by atoms with E-state index in [0.717, 1.165) is 22.3 Å². The largest absolute Gasteiger partial charge is 0.504 e. The van der Waals surface area contributed by atoms with Gasteiger partial charge >= 0.3 is 4.38 Å². The molecule has 2 aromatic rings. The molecule has 0 saturated carbocycles. The van der Waals surface area contributed by atoms with Gasteiger partial charge in [0.2, 0.25) is 0 Å². The van der Waals surface area contributed by atoms with Crippen molar-refractivity contribution in [3.63, 3.8) is 0 Å². The van der Waals surface area contributed by atoms with E-state index >= 15 is 0 Å². The Morgan fingerprint density at radius 1 is 0.724 bits per heavy atom. The van der Waals surface area contributed by atoms with Crippen LogP contribution in [0.3, 0.4) is 0 Å². The second kappa shape index (κ2) is 8.22. The molecule has 2 rings (SSSR count). The van der Waals surface area contributed by atoms with Crippen LogP contribution in [0.2, 0.25) is 0 Å². The average Bonchev–Trinajstić information content (AvgIpc) is 2.61. The average molecular weight is 435 g/mol. The number of rotatable bonds is 4. The summed E-state index contributed by atoms with van der Waals surface area (Å²) in [6, 6.07) is 6.31. The smallest absolute Gasteiger partial charge is 0.359 e. The summed E-state index contributed by atoms with van der Waals surface area (Å²) in [5, 5.41) is 0. The highest BCUT2D eigenvalue weighted by Crippen LogP contribution is 2.28. The number of sulfone groups is 2. The molecule has 8 heteroatoms. The Labute approximate surface area is 173 Å². The van der Waals surface area contributed by atoms with E-state index in [9.17, 15) is 22.4 Å². The number of nitrogens with zero attached hydrogens (tertiary/aromatic N) is 2. The standard InChI is InChI=1S/C21H26N2O4S2/c1-7-17-11-19(15(5)9-13(17)3)28(24,25)21(23-22)29(26,27)20-12-18(8-2)14(4)10-16(20)6/h9-12H,7-8H2,1-6H3. The second-order valence-corrected chi connectivity index (χ2v) is 11.1. The highest BCUT2D eigenvalue weighted by Gasteiger charge is 2.45. The maximum absolute atomic E-state index is 13.2. The molecular weight excluding hydrogens is 408 g/mol. The van der Waals surface area contributed by atoms with Crippen LogP contribution in [-0.4, -0.2) is 26.0 Å². The minimum Gasteiger partial charge on any atom is -0.359 e. The molecule has 156 valence electrons. The fourth-order valence-corrected chi connectivity index (χ4v) is 7.38. The Kier molecular flexibility index (Phi) is 6.52. The van der Waals surface area contributed by atoms with E-state index in [-0.39, 0.29) is 9.79 Å². The van der Waals surface area contributed by atoms with Gasteiger partial charge in [0.1, 0.15) is 0 Å². The Bertz CT molecular complexity index is 1150. The molecule has 0 unspecified atom stereocenters. The fourth-order valence-electron chi connectivity index (χ4n) is 3.53. The summed E-state index contributed by atoms with van der Waals surface area (Å²) in [4.78, 5) is 2.42. The van der Waals surface area contributed by atoms with Gasteiger partial charge in [0, 0.05) is 0 Å². The molecule has 29 heavy (non-hydrogen) atoms. The summed E-state index contributed by atoms with van der Waals surface area (Å²) < 4.78 is 51.7. The van der Waals surface area contributed by atoms with Crippen LogP contribution in [0.1, 0.15) is 47.2 Å². The molecule has 0 radical (unpaired) electrons. The highest BCUT2D eigenvalue weighted by molar-refractivity contribution is 8.31. The fraction of sp³-hybridized carbons (Fsp3) is 0.381. The molecule has 0 heterocycles. The van der Waals surface area contributed by atoms with Crippen molar-refractivity contribution in [2.24, 2.45) is 0 Å². The maximum Gasteiger partial charge on any atom is 0.504 e. The van der Waals surface area contributed by atoms with Crippen LogP contribution in [0.15, 0.2) is 34.1 Å². The zero-order valence-corrected chi connectivity index (χ0v) is 19.2. The van der Waals surface area contributed by atoms with Gasteiger partial charge in [-0.3, -0.25) is 0 Å². The van der Waals surface area contributed by atoms with Crippen LogP contribution < -0.4 is 0 Å². The van der Waals surface area contributed by atoms with Crippen LogP contribution in [0.4, 0.5) is 0 Å². The molecule has 0 fully saturated rings. The Hall–Kier alpha value is -2.28. The minimum atomic E-state index is -4.57. The molecule has 0 N–H and O–H groups in total. The number of hydrogen-bond acceptors (Lipinski definition) is 4.